The highest BCUT2D eigenvalue weighted by Gasteiger charge is 2.06. The molecular formula is C13H15FN2. The molecule has 0 radical (unpaired) electrons. The molecule has 1 saturated heterocycles. The largest absolute Gasteiger partial charge is 0.314 e. The first-order chi connectivity index (χ1) is 7.86. The third-order valence-electron chi connectivity index (χ3n) is 2.61. The summed E-state index contributed by atoms with van der Waals surface area (Å²) in [5, 5.41) is 3.28. The molecule has 0 unspecified atom stereocenters. The maximum Gasteiger partial charge on any atom is 0.138 e. The number of nitrogens with zero attached hydrogens (tertiary/aromatic N) is 1. The third-order valence-corrected chi connectivity index (χ3v) is 2.61. The molecule has 0 bridgehead atoms. The Morgan fingerprint density at radius 3 is 2.75 bits per heavy atom. The topological polar surface area (TPSA) is 15.3 Å². The molecule has 0 aromatic heterocycles. The second-order valence-corrected chi connectivity index (χ2v) is 3.81. The summed E-state index contributed by atoms with van der Waals surface area (Å²) in [4.78, 5) is 2.27. The predicted octanol–water partition coefficient (Wildman–Crippen LogP) is 1.08. The molecule has 2 nitrogen and oxygen atoms in total. The highest BCUT2D eigenvalue weighted by molar-refractivity contribution is 5.35. The second kappa shape index (κ2) is 5.64. The van der Waals surface area contributed by atoms with E-state index < -0.39 is 0 Å². The Balaban J connectivity index is 1.92. The Labute approximate surface area is 95.5 Å². The minimum absolute atomic E-state index is 0.240. The molecule has 3 heteroatoms. The Kier molecular flexibility index (Phi) is 3.92. The lowest BCUT2D eigenvalue weighted by Crippen LogP contribution is -2.43. The lowest BCUT2D eigenvalue weighted by atomic mass is 10.2. The van der Waals surface area contributed by atoms with Crippen LogP contribution in [0.4, 0.5) is 4.39 Å². The van der Waals surface area contributed by atoms with Gasteiger partial charge in [0.05, 0.1) is 12.1 Å². The summed E-state index contributed by atoms with van der Waals surface area (Å²) in [7, 11) is 0. The van der Waals surface area contributed by atoms with E-state index in [-0.39, 0.29) is 5.82 Å². The monoisotopic (exact) mass is 218 g/mol. The normalized spacial score (nSPS) is 16.6. The summed E-state index contributed by atoms with van der Waals surface area (Å²) >= 11 is 0. The molecule has 1 aliphatic heterocycles. The zero-order chi connectivity index (χ0) is 11.2. The summed E-state index contributed by atoms with van der Waals surface area (Å²) < 4.78 is 13.2. The molecule has 1 aliphatic rings. The summed E-state index contributed by atoms with van der Waals surface area (Å²) in [6.07, 6.45) is 0. The number of piperazine rings is 1. The molecule has 0 amide bonds. The van der Waals surface area contributed by atoms with Gasteiger partial charge in [-0.3, -0.25) is 4.90 Å². The van der Waals surface area contributed by atoms with Crippen LogP contribution in [0.5, 0.6) is 0 Å². The summed E-state index contributed by atoms with van der Waals surface area (Å²) in [5.41, 5.74) is 0.484. The van der Waals surface area contributed by atoms with E-state index in [2.05, 4.69) is 22.1 Å². The Hall–Kier alpha value is -1.37. The molecule has 1 fully saturated rings. The third kappa shape index (κ3) is 3.06. The van der Waals surface area contributed by atoms with E-state index in [1.165, 1.54) is 6.07 Å². The standard InChI is InChI=1S/C13H15FN2/c14-13-6-2-1-4-12(13)5-3-9-16-10-7-15-8-11-16/h1-2,4,6,15H,7-11H2. The van der Waals surface area contributed by atoms with Crippen molar-refractivity contribution >= 4 is 0 Å². The van der Waals surface area contributed by atoms with Gasteiger partial charge in [-0.1, -0.05) is 24.0 Å². The average Bonchev–Trinajstić information content (AvgIpc) is 2.33. The molecule has 0 spiro atoms. The first kappa shape index (κ1) is 11.1. The summed E-state index contributed by atoms with van der Waals surface area (Å²) in [5.74, 6) is 5.65. The molecule has 1 aromatic rings. The van der Waals surface area contributed by atoms with E-state index in [9.17, 15) is 4.39 Å². The zero-order valence-corrected chi connectivity index (χ0v) is 9.17. The van der Waals surface area contributed by atoms with E-state index in [4.69, 9.17) is 0 Å². The molecular weight excluding hydrogens is 203 g/mol. The van der Waals surface area contributed by atoms with Crippen molar-refractivity contribution in [3.63, 3.8) is 0 Å². The van der Waals surface area contributed by atoms with E-state index in [0.29, 0.717) is 5.56 Å². The Bertz CT molecular complexity index is 400. The zero-order valence-electron chi connectivity index (χ0n) is 9.17. The van der Waals surface area contributed by atoms with Crippen LogP contribution in [-0.2, 0) is 0 Å². The quantitative estimate of drug-likeness (QED) is 0.710. The molecule has 1 heterocycles. The highest BCUT2D eigenvalue weighted by atomic mass is 19.1. The fraction of sp³-hybridized carbons (Fsp3) is 0.385. The first-order valence-corrected chi connectivity index (χ1v) is 5.53. The van der Waals surface area contributed by atoms with Crippen LogP contribution in [0.25, 0.3) is 0 Å². The van der Waals surface area contributed by atoms with Gasteiger partial charge in [0.15, 0.2) is 0 Å². The van der Waals surface area contributed by atoms with Gasteiger partial charge in [0.2, 0.25) is 0 Å². The van der Waals surface area contributed by atoms with E-state index in [0.717, 1.165) is 32.7 Å². The highest BCUT2D eigenvalue weighted by Crippen LogP contribution is 2.03. The van der Waals surface area contributed by atoms with Crippen molar-refractivity contribution in [2.45, 2.75) is 0 Å². The van der Waals surface area contributed by atoms with Crippen molar-refractivity contribution in [1.82, 2.24) is 10.2 Å². The van der Waals surface area contributed by atoms with Gasteiger partial charge in [0, 0.05) is 26.2 Å². The Morgan fingerprint density at radius 2 is 2.00 bits per heavy atom. The number of hydrogen-bond acceptors (Lipinski definition) is 2. The SMILES string of the molecule is Fc1ccccc1C#CCN1CCNCC1. The minimum atomic E-state index is -0.240. The molecule has 0 aliphatic carbocycles. The summed E-state index contributed by atoms with van der Waals surface area (Å²) in [6.45, 7) is 4.79. The lowest BCUT2D eigenvalue weighted by Gasteiger charge is -2.24. The number of hydrogen-bond donors (Lipinski definition) is 1. The van der Waals surface area contributed by atoms with Crippen molar-refractivity contribution in [2.75, 3.05) is 32.7 Å². The van der Waals surface area contributed by atoms with Gasteiger partial charge < -0.3 is 5.32 Å². The van der Waals surface area contributed by atoms with Crippen LogP contribution in [-0.4, -0.2) is 37.6 Å². The van der Waals surface area contributed by atoms with Gasteiger partial charge >= 0.3 is 0 Å². The van der Waals surface area contributed by atoms with Gasteiger partial charge in [-0.25, -0.2) is 4.39 Å². The number of rotatable bonds is 1. The molecule has 0 atom stereocenters. The van der Waals surface area contributed by atoms with E-state index >= 15 is 0 Å². The van der Waals surface area contributed by atoms with Crippen LogP contribution >= 0.6 is 0 Å². The fourth-order valence-electron chi connectivity index (χ4n) is 1.68. The van der Waals surface area contributed by atoms with Crippen molar-refractivity contribution in [2.24, 2.45) is 0 Å². The molecule has 84 valence electrons. The fourth-order valence-corrected chi connectivity index (χ4v) is 1.68. The maximum absolute atomic E-state index is 13.2. The predicted molar refractivity (Wildman–Crippen MR) is 62.6 cm³/mol. The molecule has 0 saturated carbocycles. The molecule has 16 heavy (non-hydrogen) atoms. The molecule has 1 aromatic carbocycles. The van der Waals surface area contributed by atoms with E-state index in [1.807, 2.05) is 0 Å². The van der Waals surface area contributed by atoms with E-state index in [1.54, 1.807) is 18.2 Å². The van der Waals surface area contributed by atoms with Crippen molar-refractivity contribution in [3.05, 3.63) is 35.6 Å². The number of benzene rings is 1. The van der Waals surface area contributed by atoms with Gasteiger partial charge in [-0.05, 0) is 12.1 Å². The average molecular weight is 218 g/mol. The Morgan fingerprint density at radius 1 is 1.25 bits per heavy atom. The van der Waals surface area contributed by atoms with Gasteiger partial charge in [-0.2, -0.15) is 0 Å². The van der Waals surface area contributed by atoms with Gasteiger partial charge in [0.25, 0.3) is 0 Å². The van der Waals surface area contributed by atoms with Crippen LogP contribution in [0.1, 0.15) is 5.56 Å². The maximum atomic E-state index is 13.2. The lowest BCUT2D eigenvalue weighted by molar-refractivity contribution is 0.268. The van der Waals surface area contributed by atoms with Crippen LogP contribution in [0.3, 0.4) is 0 Å². The molecule has 1 N–H and O–H groups in total. The number of nitrogens with one attached hydrogen (secondary N) is 1. The first-order valence-electron chi connectivity index (χ1n) is 5.53. The number of halogens is 1. The van der Waals surface area contributed by atoms with Crippen molar-refractivity contribution < 1.29 is 4.39 Å². The molecule has 2 rings (SSSR count). The van der Waals surface area contributed by atoms with Crippen LogP contribution in [0, 0.1) is 17.7 Å². The minimum Gasteiger partial charge on any atom is -0.314 e. The van der Waals surface area contributed by atoms with Crippen LogP contribution < -0.4 is 5.32 Å². The van der Waals surface area contributed by atoms with Crippen LogP contribution in [0.2, 0.25) is 0 Å². The second-order valence-electron chi connectivity index (χ2n) is 3.81. The van der Waals surface area contributed by atoms with Crippen molar-refractivity contribution in [1.29, 1.82) is 0 Å². The van der Waals surface area contributed by atoms with Crippen molar-refractivity contribution in [3.8, 4) is 11.8 Å². The van der Waals surface area contributed by atoms with Crippen LogP contribution in [0.15, 0.2) is 24.3 Å². The smallest absolute Gasteiger partial charge is 0.138 e. The summed E-state index contributed by atoms with van der Waals surface area (Å²) in [6, 6.07) is 6.63. The van der Waals surface area contributed by atoms with Gasteiger partial charge in [0.1, 0.15) is 5.82 Å². The van der Waals surface area contributed by atoms with Gasteiger partial charge in [-0.15, -0.1) is 0 Å².